The first-order valence-electron chi connectivity index (χ1n) is 6.17. The molecule has 0 spiro atoms. The number of hydrogen-bond donors (Lipinski definition) is 2. The number of aromatic nitrogens is 5. The number of H-pyrrole nitrogens is 1. The van der Waals surface area contributed by atoms with Crippen molar-refractivity contribution in [3.8, 4) is 0 Å². The fourth-order valence-corrected chi connectivity index (χ4v) is 2.38. The van der Waals surface area contributed by atoms with Crippen LogP contribution in [0.5, 0.6) is 0 Å². The van der Waals surface area contributed by atoms with Crippen LogP contribution in [-0.2, 0) is 0 Å². The van der Waals surface area contributed by atoms with Crippen molar-refractivity contribution >= 4 is 29.2 Å². The molecule has 22 heavy (non-hydrogen) atoms. The van der Waals surface area contributed by atoms with E-state index in [0.29, 0.717) is 17.5 Å². The van der Waals surface area contributed by atoms with Gasteiger partial charge in [0.1, 0.15) is 5.03 Å². The smallest absolute Gasteiger partial charge is 0.249 e. The van der Waals surface area contributed by atoms with Crippen molar-refractivity contribution in [3.05, 3.63) is 48.0 Å². The maximum Gasteiger partial charge on any atom is 0.249 e. The zero-order valence-electron chi connectivity index (χ0n) is 11.7. The molecule has 2 heterocycles. The van der Waals surface area contributed by atoms with E-state index in [1.165, 1.54) is 11.8 Å². The van der Waals surface area contributed by atoms with Crippen molar-refractivity contribution in [1.29, 1.82) is 0 Å². The summed E-state index contributed by atoms with van der Waals surface area (Å²) in [7, 11) is 0. The van der Waals surface area contributed by atoms with E-state index in [-0.39, 0.29) is 44.1 Å². The minimum atomic E-state index is 0. The first-order valence-corrected chi connectivity index (χ1v) is 6.99. The van der Waals surface area contributed by atoms with Gasteiger partial charge >= 0.3 is 0 Å². The average Bonchev–Trinajstić information content (AvgIpc) is 2.87. The molecule has 3 aromatic rings. The molecule has 109 valence electrons. The third-order valence-corrected chi connectivity index (χ3v) is 3.47. The summed E-state index contributed by atoms with van der Waals surface area (Å²) in [5, 5.41) is 18.5. The van der Waals surface area contributed by atoms with Gasteiger partial charge in [-0.2, -0.15) is 10.2 Å². The zero-order valence-corrected chi connectivity index (χ0v) is 17.3. The van der Waals surface area contributed by atoms with Crippen molar-refractivity contribution in [2.45, 2.75) is 16.8 Å². The van der Waals surface area contributed by atoms with Crippen LogP contribution in [0.25, 0.3) is 5.73 Å². The number of hydrogen-bond acceptors (Lipinski definition) is 6. The van der Waals surface area contributed by atoms with Gasteiger partial charge in [0.2, 0.25) is 5.95 Å². The topological polar surface area (TPSA) is 103 Å². The molecule has 0 aliphatic heterocycles. The van der Waals surface area contributed by atoms with E-state index >= 15 is 0 Å². The van der Waals surface area contributed by atoms with Gasteiger partial charge in [0, 0.05) is 60.7 Å². The quantitative estimate of drug-likeness (QED) is 0.541. The van der Waals surface area contributed by atoms with Crippen LogP contribution >= 0.6 is 11.8 Å². The Morgan fingerprint density at radius 2 is 2.00 bits per heavy atom. The number of aryl methyl sites for hydroxylation is 1. The Labute approximate surface area is 167 Å². The molecule has 0 fully saturated rings. The predicted octanol–water partition coefficient (Wildman–Crippen LogP) is 3.48. The Hall–Kier alpha value is -1.17. The minimum Gasteiger partial charge on any atom is -0.699 e. The van der Waals surface area contributed by atoms with Crippen molar-refractivity contribution in [2.75, 3.05) is 5.32 Å². The minimum absolute atomic E-state index is 0. The fourth-order valence-electron chi connectivity index (χ4n) is 1.63. The monoisotopic (exact) mass is 525 g/mol. The van der Waals surface area contributed by atoms with Crippen LogP contribution < -0.4 is 5.32 Å². The molecule has 7 nitrogen and oxygen atoms in total. The summed E-state index contributed by atoms with van der Waals surface area (Å²) in [6, 6.07) is 9.08. The Balaban J connectivity index is 0.00000176. The van der Waals surface area contributed by atoms with Crippen molar-refractivity contribution < 1.29 is 44.1 Å². The molecule has 2 aromatic heterocycles. The van der Waals surface area contributed by atoms with E-state index in [9.17, 15) is 0 Å². The van der Waals surface area contributed by atoms with Crippen LogP contribution in [0, 0.1) is 51.0 Å². The van der Waals surface area contributed by atoms with Crippen LogP contribution in [0.1, 0.15) is 5.69 Å². The molecule has 0 unspecified atom stereocenters. The summed E-state index contributed by atoms with van der Waals surface area (Å²) >= 11 is 1.46. The van der Waals surface area contributed by atoms with Crippen LogP contribution in [0.2, 0.25) is 0 Å². The molecule has 0 saturated carbocycles. The number of aromatic amines is 1. The van der Waals surface area contributed by atoms with E-state index in [0.717, 1.165) is 15.6 Å². The number of rotatable bonds is 4. The van der Waals surface area contributed by atoms with Gasteiger partial charge in [-0.15, -0.1) is 10.8 Å². The van der Waals surface area contributed by atoms with Gasteiger partial charge in [0.15, 0.2) is 5.82 Å². The zero-order chi connectivity index (χ0) is 14.7. The van der Waals surface area contributed by atoms with E-state index in [2.05, 4.69) is 30.7 Å². The van der Waals surface area contributed by atoms with Gasteiger partial charge < -0.3 is 11.1 Å². The summed E-state index contributed by atoms with van der Waals surface area (Å²) in [6.45, 7) is 1.92. The SMILES string of the molecule is Cc1cc(Nc2nncc(Sc3ccc([NH-])cc3)n2)n[nH]1.[Ac]. The fraction of sp³-hybridized carbons (Fsp3) is 0.0769. The molecule has 0 atom stereocenters. The molecule has 0 bridgehead atoms. The number of nitrogens with one attached hydrogen (secondary N) is 3. The Kier molecular flexibility index (Phi) is 6.17. The standard InChI is InChI=1S/C13H12N7S.Ac/c1-8-6-11(19-18-8)16-13-17-12(7-15-20-13)21-10-4-2-9(14)3-5-10;/h2-7,14H,1H3,(H2,16,17,18,19,20);/q-1;. The van der Waals surface area contributed by atoms with Crippen molar-refractivity contribution in [1.82, 2.24) is 25.4 Å². The largest absolute Gasteiger partial charge is 0.699 e. The van der Waals surface area contributed by atoms with Gasteiger partial charge in [-0.05, 0) is 19.1 Å². The summed E-state index contributed by atoms with van der Waals surface area (Å²) < 4.78 is 0. The molecule has 0 aliphatic carbocycles. The van der Waals surface area contributed by atoms with Gasteiger partial charge in [-0.25, -0.2) is 4.98 Å². The molecular weight excluding hydrogens is 513 g/mol. The summed E-state index contributed by atoms with van der Waals surface area (Å²) in [4.78, 5) is 5.37. The Morgan fingerprint density at radius 3 is 2.68 bits per heavy atom. The molecule has 1 aromatic carbocycles. The van der Waals surface area contributed by atoms with E-state index in [1.807, 2.05) is 25.1 Å². The number of benzene rings is 1. The second-order valence-corrected chi connectivity index (χ2v) is 5.40. The van der Waals surface area contributed by atoms with E-state index in [1.54, 1.807) is 18.3 Å². The van der Waals surface area contributed by atoms with Crippen LogP contribution in [-0.4, -0.2) is 25.4 Å². The second kappa shape index (κ2) is 7.90. The molecule has 0 amide bonds. The van der Waals surface area contributed by atoms with Crippen LogP contribution in [0.15, 0.2) is 46.5 Å². The molecule has 0 aliphatic rings. The summed E-state index contributed by atoms with van der Waals surface area (Å²) in [5.74, 6) is 1.04. The first kappa shape index (κ1) is 17.2. The van der Waals surface area contributed by atoms with Gasteiger partial charge in [-0.1, -0.05) is 23.9 Å². The summed E-state index contributed by atoms with van der Waals surface area (Å²) in [6.07, 6.45) is 1.60. The third-order valence-electron chi connectivity index (χ3n) is 2.56. The molecule has 9 heteroatoms. The van der Waals surface area contributed by atoms with E-state index < -0.39 is 0 Å². The van der Waals surface area contributed by atoms with Crippen molar-refractivity contribution in [2.24, 2.45) is 0 Å². The van der Waals surface area contributed by atoms with Gasteiger partial charge in [0.05, 0.1) is 6.20 Å². The Morgan fingerprint density at radius 1 is 1.23 bits per heavy atom. The third kappa shape index (κ3) is 4.66. The predicted molar refractivity (Wildman–Crippen MR) is 81.0 cm³/mol. The Bertz CT molecular complexity index is 744. The average molecular weight is 525 g/mol. The molecular formula is C13H12AcN7S-. The first-order chi connectivity index (χ1) is 10.2. The van der Waals surface area contributed by atoms with Crippen molar-refractivity contribution in [3.63, 3.8) is 0 Å². The van der Waals surface area contributed by atoms with Crippen LogP contribution in [0.3, 0.4) is 0 Å². The van der Waals surface area contributed by atoms with Crippen LogP contribution in [0.4, 0.5) is 17.5 Å². The van der Waals surface area contributed by atoms with Gasteiger partial charge in [-0.3, -0.25) is 5.10 Å². The van der Waals surface area contributed by atoms with Gasteiger partial charge in [0.25, 0.3) is 0 Å². The molecule has 3 N–H and O–H groups in total. The normalized spacial score (nSPS) is 10.0. The molecule has 3 rings (SSSR count). The molecule has 1 radical (unpaired) electrons. The molecule has 0 saturated heterocycles. The summed E-state index contributed by atoms with van der Waals surface area (Å²) in [5.41, 5.74) is 8.90. The second-order valence-electron chi connectivity index (χ2n) is 4.31. The maximum absolute atomic E-state index is 7.47. The maximum atomic E-state index is 7.47. The van der Waals surface area contributed by atoms with E-state index in [4.69, 9.17) is 5.73 Å². The number of anilines is 2. The number of nitrogens with zero attached hydrogens (tertiary/aromatic N) is 4.